The number of benzene rings is 1. The zero-order valence-electron chi connectivity index (χ0n) is 11.8. The number of nitrogen functional groups attached to an aromatic ring is 1. The number of nitrogens with two attached hydrogens (primary N) is 1. The van der Waals surface area contributed by atoms with Gasteiger partial charge in [0.1, 0.15) is 0 Å². The number of rotatable bonds is 5. The second kappa shape index (κ2) is 6.18. The predicted octanol–water partition coefficient (Wildman–Crippen LogP) is 2.05. The topological polar surface area (TPSA) is 58.4 Å². The zero-order valence-corrected chi connectivity index (χ0v) is 12.7. The Hall–Kier alpha value is -2.01. The van der Waals surface area contributed by atoms with Crippen molar-refractivity contribution in [3.63, 3.8) is 0 Å². The summed E-state index contributed by atoms with van der Waals surface area (Å²) in [6.45, 7) is 1.93. The molecule has 1 aliphatic heterocycles. The number of nitrogens with zero attached hydrogens (tertiary/aromatic N) is 1. The molecule has 0 saturated carbocycles. The highest BCUT2D eigenvalue weighted by Crippen LogP contribution is 2.33. The van der Waals surface area contributed by atoms with E-state index in [2.05, 4.69) is 27.7 Å². The third-order valence-corrected chi connectivity index (χ3v) is 4.66. The van der Waals surface area contributed by atoms with Crippen LogP contribution in [0.15, 0.2) is 35.7 Å². The highest BCUT2D eigenvalue weighted by molar-refractivity contribution is 7.09. The first-order chi connectivity index (χ1) is 10.2. The summed E-state index contributed by atoms with van der Waals surface area (Å²) < 4.78 is 0. The molecule has 1 aromatic carbocycles. The van der Waals surface area contributed by atoms with Gasteiger partial charge in [0, 0.05) is 18.0 Å². The van der Waals surface area contributed by atoms with Gasteiger partial charge < -0.3 is 16.0 Å². The Morgan fingerprint density at radius 1 is 1.33 bits per heavy atom. The maximum Gasteiger partial charge on any atom is 0.239 e. The highest BCUT2D eigenvalue weighted by atomic mass is 32.1. The van der Waals surface area contributed by atoms with Gasteiger partial charge in [0.05, 0.1) is 17.9 Å². The molecular formula is C16H19N3OS. The molecule has 0 radical (unpaired) electrons. The lowest BCUT2D eigenvalue weighted by Crippen LogP contribution is -2.37. The van der Waals surface area contributed by atoms with E-state index >= 15 is 0 Å². The molecule has 0 spiro atoms. The maximum atomic E-state index is 12.1. The fourth-order valence-corrected chi connectivity index (χ4v) is 3.44. The van der Waals surface area contributed by atoms with Gasteiger partial charge in [-0.25, -0.2) is 0 Å². The fourth-order valence-electron chi connectivity index (χ4n) is 2.73. The van der Waals surface area contributed by atoms with Gasteiger partial charge in [-0.1, -0.05) is 18.2 Å². The smallest absolute Gasteiger partial charge is 0.239 e. The van der Waals surface area contributed by atoms with Crippen molar-refractivity contribution in [2.75, 3.05) is 30.3 Å². The summed E-state index contributed by atoms with van der Waals surface area (Å²) >= 11 is 1.72. The summed E-state index contributed by atoms with van der Waals surface area (Å²) in [5.74, 6) is 0.0580. The third-order valence-electron chi connectivity index (χ3n) is 3.73. The molecule has 0 unspecified atom stereocenters. The molecule has 0 atom stereocenters. The van der Waals surface area contributed by atoms with Gasteiger partial charge in [0.2, 0.25) is 5.91 Å². The number of thiophene rings is 1. The number of carbonyl (C=O) groups excluding carboxylic acids is 1. The minimum atomic E-state index is 0.0580. The molecule has 0 bridgehead atoms. The molecule has 21 heavy (non-hydrogen) atoms. The summed E-state index contributed by atoms with van der Waals surface area (Å²) in [7, 11) is 0. The summed E-state index contributed by atoms with van der Waals surface area (Å²) in [6.07, 6.45) is 1.85. The number of anilines is 2. The second-order valence-corrected chi connectivity index (χ2v) is 6.24. The molecule has 110 valence electrons. The van der Waals surface area contributed by atoms with Crippen molar-refractivity contribution >= 4 is 28.6 Å². The summed E-state index contributed by atoms with van der Waals surface area (Å²) in [5, 5.41) is 5.04. The Kier molecular flexibility index (Phi) is 4.10. The van der Waals surface area contributed by atoms with Crippen LogP contribution in [0.4, 0.5) is 11.4 Å². The molecule has 3 rings (SSSR count). The van der Waals surface area contributed by atoms with Crippen LogP contribution in [0, 0.1) is 0 Å². The molecular weight excluding hydrogens is 282 g/mol. The van der Waals surface area contributed by atoms with E-state index in [-0.39, 0.29) is 5.91 Å². The zero-order chi connectivity index (χ0) is 14.7. The normalized spacial score (nSPS) is 13.2. The Balaban J connectivity index is 1.52. The van der Waals surface area contributed by atoms with Crippen LogP contribution in [0.25, 0.3) is 0 Å². The standard InChI is InChI=1S/C16H19N3OS/c17-14-5-1-3-12-7-9-19(16(12)14)11-15(20)18-8-6-13-4-2-10-21-13/h1-5,10H,6-9,11,17H2,(H,18,20). The summed E-state index contributed by atoms with van der Waals surface area (Å²) in [4.78, 5) is 15.4. The average molecular weight is 301 g/mol. The molecule has 3 N–H and O–H groups in total. The van der Waals surface area contributed by atoms with E-state index < -0.39 is 0 Å². The maximum absolute atomic E-state index is 12.1. The highest BCUT2D eigenvalue weighted by Gasteiger charge is 2.22. The van der Waals surface area contributed by atoms with Crippen molar-refractivity contribution in [1.82, 2.24) is 5.32 Å². The number of para-hydroxylation sites is 1. The van der Waals surface area contributed by atoms with Crippen molar-refractivity contribution < 1.29 is 4.79 Å². The van der Waals surface area contributed by atoms with Gasteiger partial charge in [-0.2, -0.15) is 0 Å². The molecule has 1 amide bonds. The molecule has 5 heteroatoms. The predicted molar refractivity (Wildman–Crippen MR) is 87.8 cm³/mol. The van der Waals surface area contributed by atoms with Crippen LogP contribution in [0.1, 0.15) is 10.4 Å². The Labute approximate surface area is 128 Å². The first-order valence-electron chi connectivity index (χ1n) is 7.15. The van der Waals surface area contributed by atoms with E-state index in [9.17, 15) is 4.79 Å². The Bertz CT molecular complexity index is 624. The summed E-state index contributed by atoms with van der Waals surface area (Å²) in [6, 6.07) is 10.1. The Morgan fingerprint density at radius 2 is 2.24 bits per heavy atom. The van der Waals surface area contributed by atoms with E-state index in [1.165, 1.54) is 10.4 Å². The summed E-state index contributed by atoms with van der Waals surface area (Å²) in [5.41, 5.74) is 9.06. The van der Waals surface area contributed by atoms with E-state index in [0.717, 1.165) is 30.8 Å². The molecule has 1 aliphatic rings. The Morgan fingerprint density at radius 3 is 3.05 bits per heavy atom. The average Bonchev–Trinajstić information content (AvgIpc) is 3.10. The van der Waals surface area contributed by atoms with Crippen LogP contribution in [-0.2, 0) is 17.6 Å². The first kappa shape index (κ1) is 13.9. The van der Waals surface area contributed by atoms with Gasteiger partial charge in [-0.05, 0) is 35.9 Å². The van der Waals surface area contributed by atoms with E-state index in [1.54, 1.807) is 11.3 Å². The van der Waals surface area contributed by atoms with Crippen molar-refractivity contribution in [1.29, 1.82) is 0 Å². The molecule has 0 aliphatic carbocycles. The van der Waals surface area contributed by atoms with Crippen LogP contribution in [0.2, 0.25) is 0 Å². The minimum absolute atomic E-state index is 0.0580. The lowest BCUT2D eigenvalue weighted by molar-refractivity contribution is -0.119. The number of fused-ring (bicyclic) bond motifs is 1. The minimum Gasteiger partial charge on any atom is -0.397 e. The first-order valence-corrected chi connectivity index (χ1v) is 8.03. The van der Waals surface area contributed by atoms with Crippen molar-refractivity contribution in [3.8, 4) is 0 Å². The number of hydrogen-bond donors (Lipinski definition) is 2. The molecule has 0 fully saturated rings. The van der Waals surface area contributed by atoms with Crippen molar-refractivity contribution in [2.45, 2.75) is 12.8 Å². The molecule has 0 saturated heterocycles. The third kappa shape index (κ3) is 3.19. The van der Waals surface area contributed by atoms with E-state index in [1.807, 2.05) is 18.2 Å². The quantitative estimate of drug-likeness (QED) is 0.831. The SMILES string of the molecule is Nc1cccc2c1N(CC(=O)NCCc1cccs1)CC2. The monoisotopic (exact) mass is 301 g/mol. The molecule has 2 aromatic rings. The van der Waals surface area contributed by atoms with Gasteiger partial charge in [-0.3, -0.25) is 4.79 Å². The van der Waals surface area contributed by atoms with Crippen LogP contribution in [0.5, 0.6) is 0 Å². The largest absolute Gasteiger partial charge is 0.397 e. The van der Waals surface area contributed by atoms with Gasteiger partial charge >= 0.3 is 0 Å². The van der Waals surface area contributed by atoms with Gasteiger partial charge in [-0.15, -0.1) is 11.3 Å². The van der Waals surface area contributed by atoms with Crippen LogP contribution in [0.3, 0.4) is 0 Å². The molecule has 1 aromatic heterocycles. The van der Waals surface area contributed by atoms with Crippen LogP contribution >= 0.6 is 11.3 Å². The van der Waals surface area contributed by atoms with Gasteiger partial charge in [0.25, 0.3) is 0 Å². The fraction of sp³-hybridized carbons (Fsp3) is 0.312. The lowest BCUT2D eigenvalue weighted by atomic mass is 10.1. The van der Waals surface area contributed by atoms with Crippen molar-refractivity contribution in [2.24, 2.45) is 0 Å². The van der Waals surface area contributed by atoms with E-state index in [0.29, 0.717) is 13.1 Å². The molecule has 2 heterocycles. The van der Waals surface area contributed by atoms with Crippen LogP contribution < -0.4 is 16.0 Å². The second-order valence-electron chi connectivity index (χ2n) is 5.21. The van der Waals surface area contributed by atoms with Crippen LogP contribution in [-0.4, -0.2) is 25.5 Å². The van der Waals surface area contributed by atoms with Gasteiger partial charge in [0.15, 0.2) is 0 Å². The number of nitrogens with one attached hydrogen (secondary N) is 1. The number of hydrogen-bond acceptors (Lipinski definition) is 4. The number of carbonyl (C=O) groups is 1. The van der Waals surface area contributed by atoms with E-state index in [4.69, 9.17) is 5.73 Å². The molecule has 4 nitrogen and oxygen atoms in total. The number of amides is 1. The van der Waals surface area contributed by atoms with Crippen molar-refractivity contribution in [3.05, 3.63) is 46.2 Å². The lowest BCUT2D eigenvalue weighted by Gasteiger charge is -2.20.